The lowest BCUT2D eigenvalue weighted by molar-refractivity contribution is -0.116. The highest BCUT2D eigenvalue weighted by Gasteiger charge is 2.20. The van der Waals surface area contributed by atoms with Crippen LogP contribution in [0.25, 0.3) is 0 Å². The summed E-state index contributed by atoms with van der Waals surface area (Å²) in [5.74, 6) is -0.0810. The number of carbonyl (C=O) groups is 1. The molecule has 1 atom stereocenters. The van der Waals surface area contributed by atoms with Crippen molar-refractivity contribution in [3.8, 4) is 0 Å². The number of nitrogens with one attached hydrogen (secondary N) is 1. The van der Waals surface area contributed by atoms with Gasteiger partial charge in [0.2, 0.25) is 5.91 Å². The lowest BCUT2D eigenvalue weighted by Crippen LogP contribution is -2.27. The quantitative estimate of drug-likeness (QED) is 0.714. The zero-order chi connectivity index (χ0) is 16.0. The molecule has 0 aliphatic heterocycles. The Labute approximate surface area is 133 Å². The van der Waals surface area contributed by atoms with Gasteiger partial charge in [-0.1, -0.05) is 31.1 Å². The number of benzene rings is 1. The molecule has 0 aliphatic rings. The Morgan fingerprint density at radius 2 is 1.76 bits per heavy atom. The van der Waals surface area contributed by atoms with Gasteiger partial charge in [-0.2, -0.15) is 0 Å². The summed E-state index contributed by atoms with van der Waals surface area (Å²) < 4.78 is -0.0319. The third kappa shape index (κ3) is 5.82. The van der Waals surface area contributed by atoms with Gasteiger partial charge in [-0.25, -0.2) is 0 Å². The van der Waals surface area contributed by atoms with Crippen molar-refractivity contribution in [1.29, 1.82) is 0 Å². The van der Waals surface area contributed by atoms with E-state index in [1.807, 2.05) is 6.26 Å². The van der Waals surface area contributed by atoms with Crippen molar-refractivity contribution < 1.29 is 15.0 Å². The molecule has 0 aliphatic carbocycles. The second kappa shape index (κ2) is 7.98. The van der Waals surface area contributed by atoms with Crippen LogP contribution in [0.2, 0.25) is 0 Å². The topological polar surface area (TPSA) is 69.6 Å². The number of amides is 1. The molecule has 4 nitrogen and oxygen atoms in total. The Morgan fingerprint density at radius 1 is 1.24 bits per heavy atom. The van der Waals surface area contributed by atoms with Crippen molar-refractivity contribution in [1.82, 2.24) is 0 Å². The maximum atomic E-state index is 12.0. The molecule has 0 aromatic heterocycles. The normalized spacial score (nSPS) is 13.0. The summed E-state index contributed by atoms with van der Waals surface area (Å²) in [5.41, 5.74) is 1.93. The molecular weight excluding hydrogens is 306 g/mol. The van der Waals surface area contributed by atoms with Crippen LogP contribution in [0.3, 0.4) is 0 Å². The fourth-order valence-corrected chi connectivity index (χ4v) is 2.44. The number of anilines is 1. The number of carbonyl (C=O) groups excluding carboxylic acids is 1. The summed E-state index contributed by atoms with van der Waals surface area (Å²) in [7, 11) is -0.162. The Balaban J connectivity index is 2.69. The molecule has 0 radical (unpaired) electrons. The van der Waals surface area contributed by atoms with E-state index in [9.17, 15) is 15.0 Å². The standard InChI is InChI=1S/C15H23NO3S2/c1-15(2,21(3)20)5-4-14(19)16-13-7-11(9-17)6-12(8-13)10-18/h6-8,17-18H,4-5,9-10H2,1-3H3,(H,16,19). The maximum Gasteiger partial charge on any atom is 0.224 e. The summed E-state index contributed by atoms with van der Waals surface area (Å²) in [6.45, 7) is 3.90. The minimum absolute atomic E-state index is 0.0319. The molecular formula is C15H23NO3S2. The van der Waals surface area contributed by atoms with Crippen molar-refractivity contribution in [2.24, 2.45) is 0 Å². The van der Waals surface area contributed by atoms with Gasteiger partial charge in [0.05, 0.1) is 13.2 Å². The molecule has 21 heavy (non-hydrogen) atoms. The van der Waals surface area contributed by atoms with Crippen molar-refractivity contribution >= 4 is 32.2 Å². The molecule has 0 fully saturated rings. The van der Waals surface area contributed by atoms with E-state index in [-0.39, 0.29) is 33.3 Å². The van der Waals surface area contributed by atoms with E-state index in [0.717, 1.165) is 6.42 Å². The number of aliphatic hydroxyl groups excluding tert-OH is 2. The number of hydrogen-bond donors (Lipinski definition) is 3. The van der Waals surface area contributed by atoms with E-state index in [1.54, 1.807) is 18.2 Å². The monoisotopic (exact) mass is 329 g/mol. The van der Waals surface area contributed by atoms with E-state index in [1.165, 1.54) is 0 Å². The Kier molecular flexibility index (Phi) is 6.93. The molecule has 0 bridgehead atoms. The Morgan fingerprint density at radius 3 is 2.19 bits per heavy atom. The number of hydrogen-bond acceptors (Lipinski definition) is 4. The van der Waals surface area contributed by atoms with Gasteiger partial charge in [0.15, 0.2) is 0 Å². The van der Waals surface area contributed by atoms with Gasteiger partial charge in [-0.15, -0.1) is 9.45 Å². The van der Waals surface area contributed by atoms with Crippen molar-refractivity contribution in [2.75, 3.05) is 11.6 Å². The molecule has 0 saturated carbocycles. The van der Waals surface area contributed by atoms with Crippen LogP contribution in [0.4, 0.5) is 5.69 Å². The second-order valence-corrected chi connectivity index (χ2v) is 9.13. The molecule has 1 aromatic rings. The molecule has 6 heteroatoms. The third-order valence-corrected chi connectivity index (χ3v) is 6.55. The van der Waals surface area contributed by atoms with Crippen LogP contribution in [0.15, 0.2) is 18.2 Å². The van der Waals surface area contributed by atoms with Gasteiger partial charge in [0, 0.05) is 16.9 Å². The molecule has 0 spiro atoms. The predicted molar refractivity (Wildman–Crippen MR) is 90.9 cm³/mol. The molecule has 0 saturated heterocycles. The highest BCUT2D eigenvalue weighted by atomic mass is 32.8. The molecule has 118 valence electrons. The molecule has 1 rings (SSSR count). The van der Waals surface area contributed by atoms with Crippen LogP contribution in [-0.2, 0) is 38.7 Å². The van der Waals surface area contributed by atoms with Crippen molar-refractivity contribution in [3.05, 3.63) is 29.3 Å². The highest BCUT2D eigenvalue weighted by Crippen LogP contribution is 2.20. The first-order valence-electron chi connectivity index (χ1n) is 6.76. The summed E-state index contributed by atoms with van der Waals surface area (Å²) >= 11 is 5.30. The average Bonchev–Trinajstić information content (AvgIpc) is 2.44. The van der Waals surface area contributed by atoms with Crippen molar-refractivity contribution in [2.45, 2.75) is 44.6 Å². The van der Waals surface area contributed by atoms with E-state index >= 15 is 0 Å². The fourth-order valence-electron chi connectivity index (χ4n) is 1.80. The van der Waals surface area contributed by atoms with E-state index < -0.39 is 0 Å². The lowest BCUT2D eigenvalue weighted by Gasteiger charge is -2.24. The molecule has 1 unspecified atom stereocenters. The Hall–Kier alpha value is -0.820. The van der Waals surface area contributed by atoms with E-state index in [4.69, 9.17) is 11.2 Å². The Bertz CT molecular complexity index is 507. The molecule has 1 amide bonds. The minimum Gasteiger partial charge on any atom is -0.392 e. The largest absolute Gasteiger partial charge is 0.392 e. The highest BCUT2D eigenvalue weighted by molar-refractivity contribution is 8.29. The first-order valence-corrected chi connectivity index (χ1v) is 9.32. The maximum absolute atomic E-state index is 12.0. The summed E-state index contributed by atoms with van der Waals surface area (Å²) in [6, 6.07) is 5.12. The fraction of sp³-hybridized carbons (Fsp3) is 0.533. The molecule has 1 aromatic carbocycles. The second-order valence-electron chi connectivity index (χ2n) is 5.62. The first-order chi connectivity index (χ1) is 9.78. The van der Waals surface area contributed by atoms with Crippen LogP contribution in [-0.4, -0.2) is 27.1 Å². The third-order valence-electron chi connectivity index (χ3n) is 3.43. The van der Waals surface area contributed by atoms with E-state index in [0.29, 0.717) is 23.2 Å². The summed E-state index contributed by atoms with van der Waals surface area (Å²) in [5, 5.41) is 21.2. The first kappa shape index (κ1) is 18.2. The zero-order valence-electron chi connectivity index (χ0n) is 12.7. The van der Waals surface area contributed by atoms with Gasteiger partial charge in [0.1, 0.15) is 0 Å². The van der Waals surface area contributed by atoms with Crippen LogP contribution in [0.1, 0.15) is 37.8 Å². The van der Waals surface area contributed by atoms with Crippen LogP contribution in [0.5, 0.6) is 0 Å². The predicted octanol–water partition coefficient (Wildman–Crippen LogP) is 1.88. The van der Waals surface area contributed by atoms with E-state index in [2.05, 4.69) is 19.2 Å². The zero-order valence-corrected chi connectivity index (χ0v) is 14.3. The van der Waals surface area contributed by atoms with Gasteiger partial charge in [-0.3, -0.25) is 4.79 Å². The number of aliphatic hydroxyl groups is 2. The summed E-state index contributed by atoms with van der Waals surface area (Å²) in [4.78, 5) is 12.0. The summed E-state index contributed by atoms with van der Waals surface area (Å²) in [6.07, 6.45) is 3.14. The van der Waals surface area contributed by atoms with Crippen LogP contribution >= 0.6 is 0 Å². The SMILES string of the molecule is CS(=S)C(C)(C)CCC(=O)Nc1cc(CO)cc(CO)c1. The van der Waals surface area contributed by atoms with Gasteiger partial charge >= 0.3 is 0 Å². The molecule has 0 heterocycles. The number of rotatable bonds is 7. The minimum atomic E-state index is -0.162. The average molecular weight is 329 g/mol. The molecule has 3 N–H and O–H groups in total. The van der Waals surface area contributed by atoms with Crippen LogP contribution < -0.4 is 5.32 Å². The van der Waals surface area contributed by atoms with Gasteiger partial charge in [-0.05, 0) is 35.9 Å². The van der Waals surface area contributed by atoms with Crippen molar-refractivity contribution in [3.63, 3.8) is 0 Å². The lowest BCUT2D eigenvalue weighted by atomic mass is 10.1. The smallest absolute Gasteiger partial charge is 0.224 e. The van der Waals surface area contributed by atoms with Crippen LogP contribution in [0, 0.1) is 0 Å². The van der Waals surface area contributed by atoms with Gasteiger partial charge in [0.25, 0.3) is 0 Å². The van der Waals surface area contributed by atoms with Gasteiger partial charge < -0.3 is 15.5 Å².